The highest BCUT2D eigenvalue weighted by atomic mass is 16.2. The van der Waals surface area contributed by atoms with Gasteiger partial charge in [-0.25, -0.2) is 9.97 Å². The number of imide groups is 1. The second-order valence-electron chi connectivity index (χ2n) is 5.11. The molecule has 0 aliphatic carbocycles. The van der Waals surface area contributed by atoms with Crippen LogP contribution < -0.4 is 5.73 Å². The number of carbonyl (C=O) groups is 2. The van der Waals surface area contributed by atoms with Crippen LogP contribution in [-0.2, 0) is 23.2 Å². The molecule has 0 atom stereocenters. The van der Waals surface area contributed by atoms with Gasteiger partial charge < -0.3 is 5.73 Å². The molecule has 0 bridgehead atoms. The van der Waals surface area contributed by atoms with E-state index in [9.17, 15) is 9.59 Å². The summed E-state index contributed by atoms with van der Waals surface area (Å²) in [4.78, 5) is 33.7. The highest BCUT2D eigenvalue weighted by Gasteiger charge is 2.25. The van der Waals surface area contributed by atoms with E-state index in [0.717, 1.165) is 12.8 Å². The van der Waals surface area contributed by atoms with Gasteiger partial charge in [0.1, 0.15) is 5.82 Å². The Bertz CT molecular complexity index is 705. The van der Waals surface area contributed by atoms with Crippen LogP contribution in [0, 0.1) is 0 Å². The minimum absolute atomic E-state index is 0.0585. The molecule has 8 nitrogen and oxygen atoms in total. The van der Waals surface area contributed by atoms with Crippen molar-refractivity contribution in [1.29, 1.82) is 0 Å². The molecule has 1 fully saturated rings. The smallest absolute Gasteiger partial charge is 0.229 e. The standard InChI is InChI=1S/C13H16N6O2/c1-18-13-8(6-15-18)12(14)16-9(17-13)7-19-10(20)4-2-3-5-11(19)21/h6H,2-5,7H2,1H3,(H2,14,16,17). The minimum atomic E-state index is -0.176. The summed E-state index contributed by atoms with van der Waals surface area (Å²) in [6.07, 6.45) is 3.84. The van der Waals surface area contributed by atoms with Crippen molar-refractivity contribution in [2.75, 3.05) is 5.73 Å². The number of fused-ring (bicyclic) bond motifs is 1. The molecule has 2 N–H and O–H groups in total. The third kappa shape index (κ3) is 2.44. The summed E-state index contributed by atoms with van der Waals surface area (Å²) in [6.45, 7) is 0.0585. The molecule has 2 amide bonds. The summed E-state index contributed by atoms with van der Waals surface area (Å²) in [5, 5.41) is 4.74. The second kappa shape index (κ2) is 5.12. The van der Waals surface area contributed by atoms with Gasteiger partial charge in [-0.2, -0.15) is 5.10 Å². The van der Waals surface area contributed by atoms with Gasteiger partial charge in [0.05, 0.1) is 18.1 Å². The topological polar surface area (TPSA) is 107 Å². The summed E-state index contributed by atoms with van der Waals surface area (Å²) in [5.74, 6) is 0.305. The fourth-order valence-corrected chi connectivity index (χ4v) is 2.44. The van der Waals surface area contributed by atoms with Crippen molar-refractivity contribution in [2.24, 2.45) is 7.05 Å². The van der Waals surface area contributed by atoms with Gasteiger partial charge in [0.25, 0.3) is 0 Å². The Morgan fingerprint density at radius 1 is 1.19 bits per heavy atom. The lowest BCUT2D eigenvalue weighted by atomic mass is 10.2. The van der Waals surface area contributed by atoms with Crippen molar-refractivity contribution in [3.05, 3.63) is 12.0 Å². The van der Waals surface area contributed by atoms with Gasteiger partial charge >= 0.3 is 0 Å². The SMILES string of the molecule is Cn1ncc2c(N)nc(CN3C(=O)CCCCC3=O)nc21. The van der Waals surface area contributed by atoms with E-state index in [1.54, 1.807) is 17.9 Å². The van der Waals surface area contributed by atoms with E-state index in [0.29, 0.717) is 35.5 Å². The number of hydrogen-bond donors (Lipinski definition) is 1. The van der Waals surface area contributed by atoms with Crippen LogP contribution in [0.25, 0.3) is 11.0 Å². The molecule has 0 unspecified atom stereocenters. The highest BCUT2D eigenvalue weighted by Crippen LogP contribution is 2.19. The molecule has 8 heteroatoms. The van der Waals surface area contributed by atoms with E-state index in [1.165, 1.54) is 4.90 Å². The fourth-order valence-electron chi connectivity index (χ4n) is 2.44. The molecule has 2 aromatic heterocycles. The minimum Gasteiger partial charge on any atom is -0.383 e. The molecule has 1 aliphatic heterocycles. The number of nitrogen functional groups attached to an aromatic ring is 1. The largest absolute Gasteiger partial charge is 0.383 e. The predicted octanol–water partition coefficient (Wildman–Crippen LogP) is 0.375. The average molecular weight is 288 g/mol. The molecular formula is C13H16N6O2. The first-order chi connectivity index (χ1) is 10.1. The molecule has 21 heavy (non-hydrogen) atoms. The fraction of sp³-hybridized carbons (Fsp3) is 0.462. The van der Waals surface area contributed by atoms with E-state index < -0.39 is 0 Å². The maximum absolute atomic E-state index is 12.0. The van der Waals surface area contributed by atoms with Gasteiger partial charge in [-0.05, 0) is 12.8 Å². The number of nitrogens with two attached hydrogens (primary N) is 1. The van der Waals surface area contributed by atoms with Gasteiger partial charge in [-0.1, -0.05) is 0 Å². The molecular weight excluding hydrogens is 272 g/mol. The van der Waals surface area contributed by atoms with Gasteiger partial charge in [0.15, 0.2) is 11.5 Å². The van der Waals surface area contributed by atoms with Gasteiger partial charge in [0.2, 0.25) is 11.8 Å². The number of likely N-dealkylation sites (tertiary alicyclic amines) is 1. The first kappa shape index (κ1) is 13.5. The van der Waals surface area contributed by atoms with Crippen LogP contribution in [0.5, 0.6) is 0 Å². The van der Waals surface area contributed by atoms with Crippen molar-refractivity contribution in [3.63, 3.8) is 0 Å². The summed E-state index contributed by atoms with van der Waals surface area (Å²) < 4.78 is 1.59. The highest BCUT2D eigenvalue weighted by molar-refractivity contribution is 5.96. The Morgan fingerprint density at radius 2 is 1.86 bits per heavy atom. The van der Waals surface area contributed by atoms with Crippen LogP contribution >= 0.6 is 0 Å². The number of hydrogen-bond acceptors (Lipinski definition) is 6. The van der Waals surface area contributed by atoms with Gasteiger partial charge in [0, 0.05) is 19.9 Å². The lowest BCUT2D eigenvalue weighted by molar-refractivity contribution is -0.144. The maximum atomic E-state index is 12.0. The predicted molar refractivity (Wildman–Crippen MR) is 74.7 cm³/mol. The maximum Gasteiger partial charge on any atom is 0.229 e. The number of aromatic nitrogens is 4. The first-order valence-electron chi connectivity index (χ1n) is 6.83. The molecule has 1 saturated heterocycles. The van der Waals surface area contributed by atoms with Crippen molar-refractivity contribution in [1.82, 2.24) is 24.6 Å². The van der Waals surface area contributed by atoms with Crippen LogP contribution in [-0.4, -0.2) is 36.5 Å². The first-order valence-corrected chi connectivity index (χ1v) is 6.83. The molecule has 1 aliphatic rings. The second-order valence-corrected chi connectivity index (χ2v) is 5.11. The van der Waals surface area contributed by atoms with Crippen molar-refractivity contribution in [2.45, 2.75) is 32.2 Å². The third-order valence-corrected chi connectivity index (χ3v) is 3.60. The van der Waals surface area contributed by atoms with Crippen molar-refractivity contribution >= 4 is 28.7 Å². The Labute approximate surface area is 120 Å². The van der Waals surface area contributed by atoms with Crippen molar-refractivity contribution in [3.8, 4) is 0 Å². The number of rotatable bonds is 2. The Kier molecular flexibility index (Phi) is 3.28. The number of nitrogens with zero attached hydrogens (tertiary/aromatic N) is 5. The van der Waals surface area contributed by atoms with Crippen molar-refractivity contribution < 1.29 is 9.59 Å². The molecule has 0 radical (unpaired) electrons. The molecule has 110 valence electrons. The zero-order chi connectivity index (χ0) is 15.0. The molecule has 3 heterocycles. The monoisotopic (exact) mass is 288 g/mol. The van der Waals surface area contributed by atoms with E-state index in [1.807, 2.05) is 0 Å². The number of aryl methyl sites for hydroxylation is 1. The Balaban J connectivity index is 1.95. The van der Waals surface area contributed by atoms with E-state index in [2.05, 4.69) is 15.1 Å². The molecule has 0 saturated carbocycles. The molecule has 2 aromatic rings. The van der Waals surface area contributed by atoms with Crippen LogP contribution in [0.3, 0.4) is 0 Å². The van der Waals surface area contributed by atoms with E-state index in [4.69, 9.17) is 5.73 Å². The number of anilines is 1. The average Bonchev–Trinajstić information content (AvgIpc) is 2.75. The summed E-state index contributed by atoms with van der Waals surface area (Å²) >= 11 is 0. The Morgan fingerprint density at radius 3 is 2.52 bits per heavy atom. The summed E-state index contributed by atoms with van der Waals surface area (Å²) in [7, 11) is 1.75. The third-order valence-electron chi connectivity index (χ3n) is 3.60. The van der Waals surface area contributed by atoms with E-state index >= 15 is 0 Å². The van der Waals surface area contributed by atoms with Crippen LogP contribution in [0.2, 0.25) is 0 Å². The lowest BCUT2D eigenvalue weighted by Gasteiger charge is -2.17. The number of carbonyl (C=O) groups excluding carboxylic acids is 2. The number of amides is 2. The van der Waals surface area contributed by atoms with Crippen LogP contribution in [0.4, 0.5) is 5.82 Å². The van der Waals surface area contributed by atoms with E-state index in [-0.39, 0.29) is 18.4 Å². The molecule has 3 rings (SSSR count). The van der Waals surface area contributed by atoms with Crippen LogP contribution in [0.15, 0.2) is 6.20 Å². The summed E-state index contributed by atoms with van der Waals surface area (Å²) in [5.41, 5.74) is 6.47. The van der Waals surface area contributed by atoms with Gasteiger partial charge in [-0.3, -0.25) is 19.2 Å². The zero-order valence-electron chi connectivity index (χ0n) is 11.7. The quantitative estimate of drug-likeness (QED) is 0.800. The Hall–Kier alpha value is -2.51. The normalized spacial score (nSPS) is 16.5. The van der Waals surface area contributed by atoms with Crippen LogP contribution in [0.1, 0.15) is 31.5 Å². The lowest BCUT2D eigenvalue weighted by Crippen LogP contribution is -2.35. The summed E-state index contributed by atoms with van der Waals surface area (Å²) in [6, 6.07) is 0. The zero-order valence-corrected chi connectivity index (χ0v) is 11.7. The molecule has 0 aromatic carbocycles. The van der Waals surface area contributed by atoms with Gasteiger partial charge in [-0.15, -0.1) is 0 Å². The molecule has 0 spiro atoms.